The molecular weight excluding hydrogens is 368 g/mol. The molecular formula is C18H28N4O4S. The van der Waals surface area contributed by atoms with Crippen molar-refractivity contribution < 1.29 is 18.0 Å². The first-order chi connectivity index (χ1) is 12.8. The van der Waals surface area contributed by atoms with E-state index in [0.717, 1.165) is 5.56 Å². The van der Waals surface area contributed by atoms with Crippen LogP contribution >= 0.6 is 0 Å². The lowest BCUT2D eigenvalue weighted by Gasteiger charge is -2.34. The second kappa shape index (κ2) is 9.82. The minimum Gasteiger partial charge on any atom is -0.356 e. The maximum Gasteiger partial charge on any atom is 0.243 e. The third-order valence-electron chi connectivity index (χ3n) is 4.52. The Hall–Kier alpha value is -1.97. The van der Waals surface area contributed by atoms with Crippen molar-refractivity contribution in [3.8, 4) is 0 Å². The van der Waals surface area contributed by atoms with E-state index >= 15 is 0 Å². The summed E-state index contributed by atoms with van der Waals surface area (Å²) in [4.78, 5) is 25.8. The monoisotopic (exact) mass is 396 g/mol. The van der Waals surface area contributed by atoms with Gasteiger partial charge in [0.1, 0.15) is 0 Å². The lowest BCUT2D eigenvalue weighted by Crippen LogP contribution is -2.50. The maximum atomic E-state index is 12.7. The Morgan fingerprint density at radius 3 is 2.30 bits per heavy atom. The summed E-state index contributed by atoms with van der Waals surface area (Å²) in [5.41, 5.74) is 6.36. The Labute approximate surface area is 160 Å². The largest absolute Gasteiger partial charge is 0.356 e. The normalized spacial score (nSPS) is 15.6. The number of rotatable bonds is 8. The van der Waals surface area contributed by atoms with Gasteiger partial charge in [-0.15, -0.1) is 0 Å². The van der Waals surface area contributed by atoms with E-state index in [4.69, 9.17) is 5.73 Å². The van der Waals surface area contributed by atoms with E-state index in [0.29, 0.717) is 32.6 Å². The number of amides is 2. The molecule has 9 heteroatoms. The molecule has 0 aromatic heterocycles. The number of benzene rings is 1. The molecule has 0 spiro atoms. The fourth-order valence-corrected chi connectivity index (χ4v) is 4.26. The van der Waals surface area contributed by atoms with Crippen molar-refractivity contribution in [1.29, 1.82) is 0 Å². The van der Waals surface area contributed by atoms with Crippen LogP contribution in [-0.2, 0) is 19.6 Å². The first-order valence-corrected chi connectivity index (χ1v) is 10.6. The predicted molar refractivity (Wildman–Crippen MR) is 102 cm³/mol. The second-order valence-electron chi connectivity index (χ2n) is 6.59. The van der Waals surface area contributed by atoms with Crippen molar-refractivity contribution in [2.24, 2.45) is 5.73 Å². The summed E-state index contributed by atoms with van der Waals surface area (Å²) >= 11 is 0. The average molecular weight is 397 g/mol. The molecule has 1 fully saturated rings. The third kappa shape index (κ3) is 6.02. The van der Waals surface area contributed by atoms with Crippen molar-refractivity contribution in [2.45, 2.75) is 31.1 Å². The molecule has 2 rings (SSSR count). The molecule has 1 heterocycles. The highest BCUT2D eigenvalue weighted by Gasteiger charge is 2.30. The van der Waals surface area contributed by atoms with Gasteiger partial charge in [0, 0.05) is 45.6 Å². The molecule has 0 saturated carbocycles. The minimum atomic E-state index is -3.55. The number of nitrogens with one attached hydrogen (secondary N) is 1. The van der Waals surface area contributed by atoms with Crippen LogP contribution < -0.4 is 11.1 Å². The molecule has 3 N–H and O–H groups in total. The summed E-state index contributed by atoms with van der Waals surface area (Å²) in [5.74, 6) is -0.297. The van der Waals surface area contributed by atoms with Gasteiger partial charge in [0.15, 0.2) is 0 Å². The summed E-state index contributed by atoms with van der Waals surface area (Å²) in [6.45, 7) is 4.10. The number of sulfonamides is 1. The van der Waals surface area contributed by atoms with Gasteiger partial charge < -0.3 is 16.0 Å². The Kier molecular flexibility index (Phi) is 7.76. The van der Waals surface area contributed by atoms with E-state index < -0.39 is 10.0 Å². The molecule has 1 aliphatic rings. The van der Waals surface area contributed by atoms with Crippen molar-refractivity contribution in [3.05, 3.63) is 29.8 Å². The zero-order valence-corrected chi connectivity index (χ0v) is 16.5. The standard InChI is InChI=1S/C18H28N4O4S/c1-15-3-5-16(6-4-15)27(25,26)22-13-11-21(12-14-22)18(24)8-7-17(23)20-10-2-9-19/h3-6H,2,7-14,19H2,1H3,(H,20,23). The SMILES string of the molecule is Cc1ccc(S(=O)(=O)N2CCN(C(=O)CCC(=O)NCCCN)CC2)cc1. The van der Waals surface area contributed by atoms with Gasteiger partial charge in [-0.1, -0.05) is 17.7 Å². The molecule has 1 aliphatic heterocycles. The van der Waals surface area contributed by atoms with E-state index in [2.05, 4.69) is 5.32 Å². The Balaban J connectivity index is 1.81. The predicted octanol–water partition coefficient (Wildman–Crippen LogP) is 0.0731. The Morgan fingerprint density at radius 1 is 1.07 bits per heavy atom. The van der Waals surface area contributed by atoms with Gasteiger partial charge in [-0.25, -0.2) is 8.42 Å². The van der Waals surface area contributed by atoms with E-state index in [1.54, 1.807) is 29.2 Å². The molecule has 0 aliphatic carbocycles. The van der Waals surface area contributed by atoms with Crippen LogP contribution in [0.25, 0.3) is 0 Å². The smallest absolute Gasteiger partial charge is 0.243 e. The highest BCUT2D eigenvalue weighted by Crippen LogP contribution is 2.18. The number of hydrogen-bond acceptors (Lipinski definition) is 5. The fraction of sp³-hybridized carbons (Fsp3) is 0.556. The summed E-state index contributed by atoms with van der Waals surface area (Å²) < 4.78 is 26.8. The molecule has 1 saturated heterocycles. The van der Waals surface area contributed by atoms with Gasteiger partial charge in [-0.05, 0) is 32.0 Å². The molecule has 2 amide bonds. The van der Waals surface area contributed by atoms with Crippen LogP contribution in [0, 0.1) is 6.92 Å². The van der Waals surface area contributed by atoms with Crippen molar-refractivity contribution in [3.63, 3.8) is 0 Å². The molecule has 1 aromatic carbocycles. The van der Waals surface area contributed by atoms with Crippen LogP contribution in [-0.4, -0.2) is 68.7 Å². The molecule has 0 atom stereocenters. The van der Waals surface area contributed by atoms with Crippen molar-refractivity contribution in [2.75, 3.05) is 39.3 Å². The number of aryl methyl sites for hydroxylation is 1. The zero-order valence-electron chi connectivity index (χ0n) is 15.7. The molecule has 0 bridgehead atoms. The van der Waals surface area contributed by atoms with Crippen LogP contribution in [0.15, 0.2) is 29.2 Å². The van der Waals surface area contributed by atoms with Crippen molar-refractivity contribution in [1.82, 2.24) is 14.5 Å². The lowest BCUT2D eigenvalue weighted by atomic mass is 10.2. The lowest BCUT2D eigenvalue weighted by molar-refractivity contribution is -0.134. The summed E-state index contributed by atoms with van der Waals surface area (Å²) in [7, 11) is -3.55. The van der Waals surface area contributed by atoms with Gasteiger partial charge in [-0.2, -0.15) is 4.31 Å². The number of piperazine rings is 1. The van der Waals surface area contributed by atoms with Gasteiger partial charge in [0.05, 0.1) is 4.90 Å². The van der Waals surface area contributed by atoms with Gasteiger partial charge >= 0.3 is 0 Å². The van der Waals surface area contributed by atoms with Crippen LogP contribution in [0.3, 0.4) is 0 Å². The van der Waals surface area contributed by atoms with E-state index in [9.17, 15) is 18.0 Å². The molecule has 150 valence electrons. The van der Waals surface area contributed by atoms with Gasteiger partial charge in [0.2, 0.25) is 21.8 Å². The molecule has 1 aromatic rings. The average Bonchev–Trinajstić information content (AvgIpc) is 2.67. The summed E-state index contributed by atoms with van der Waals surface area (Å²) in [6, 6.07) is 6.74. The zero-order chi connectivity index (χ0) is 19.9. The number of carbonyl (C=O) groups excluding carboxylic acids is 2. The minimum absolute atomic E-state index is 0.124. The van der Waals surface area contributed by atoms with Crippen LogP contribution in [0.4, 0.5) is 0 Å². The molecule has 0 unspecified atom stereocenters. The van der Waals surface area contributed by atoms with E-state index in [1.807, 2.05) is 6.92 Å². The van der Waals surface area contributed by atoms with E-state index in [-0.39, 0.29) is 42.6 Å². The number of nitrogens with two attached hydrogens (primary N) is 1. The Bertz CT molecular complexity index is 741. The van der Waals surface area contributed by atoms with Gasteiger partial charge in [0.25, 0.3) is 0 Å². The quantitative estimate of drug-likeness (QED) is 0.604. The first-order valence-electron chi connectivity index (χ1n) is 9.16. The second-order valence-corrected chi connectivity index (χ2v) is 8.53. The summed E-state index contributed by atoms with van der Waals surface area (Å²) in [6.07, 6.45) is 0.960. The highest BCUT2D eigenvalue weighted by atomic mass is 32.2. The summed E-state index contributed by atoms with van der Waals surface area (Å²) in [5, 5.41) is 2.71. The molecule has 27 heavy (non-hydrogen) atoms. The van der Waals surface area contributed by atoms with Crippen LogP contribution in [0.1, 0.15) is 24.8 Å². The topological polar surface area (TPSA) is 113 Å². The van der Waals surface area contributed by atoms with Crippen molar-refractivity contribution >= 4 is 21.8 Å². The van der Waals surface area contributed by atoms with Gasteiger partial charge in [-0.3, -0.25) is 9.59 Å². The number of nitrogens with zero attached hydrogens (tertiary/aromatic N) is 2. The third-order valence-corrected chi connectivity index (χ3v) is 6.43. The fourth-order valence-electron chi connectivity index (χ4n) is 2.83. The number of carbonyl (C=O) groups is 2. The Morgan fingerprint density at radius 2 is 1.70 bits per heavy atom. The van der Waals surface area contributed by atoms with E-state index in [1.165, 1.54) is 4.31 Å². The van der Waals surface area contributed by atoms with Crippen LogP contribution in [0.2, 0.25) is 0 Å². The van der Waals surface area contributed by atoms with Crippen LogP contribution in [0.5, 0.6) is 0 Å². The highest BCUT2D eigenvalue weighted by molar-refractivity contribution is 7.89. The first kappa shape index (κ1) is 21.3. The molecule has 8 nitrogen and oxygen atoms in total. The maximum absolute atomic E-state index is 12.7. The number of hydrogen-bond donors (Lipinski definition) is 2. The molecule has 0 radical (unpaired) electrons.